The topological polar surface area (TPSA) is 37.1 Å². The maximum absolute atomic E-state index is 4.55. The van der Waals surface area contributed by atoms with Crippen molar-refractivity contribution in [2.24, 2.45) is 20.0 Å². The Labute approximate surface area is 88.9 Å². The minimum Gasteiger partial charge on any atom is -0.220 e. The summed E-state index contributed by atoms with van der Waals surface area (Å²) >= 11 is 1.64. The Bertz CT molecular complexity index is 336. The van der Waals surface area contributed by atoms with Crippen LogP contribution in [0, 0.1) is 5.41 Å². The molecule has 3 nitrogen and oxygen atoms in total. The largest absolute Gasteiger partial charge is 0.220 e. The molecule has 0 aliphatic carbocycles. The summed E-state index contributed by atoms with van der Waals surface area (Å²) < 4.78 is 4.55. The molecule has 0 saturated carbocycles. The number of nitrogens with zero attached hydrogens (tertiary/aromatic N) is 3. The van der Waals surface area contributed by atoms with Crippen LogP contribution in [0.15, 0.2) is 26.4 Å². The first-order chi connectivity index (χ1) is 6.50. The van der Waals surface area contributed by atoms with Crippen molar-refractivity contribution in [2.45, 2.75) is 39.0 Å². The lowest BCUT2D eigenvalue weighted by molar-refractivity contribution is 0.587. The molecule has 2 atom stereocenters. The van der Waals surface area contributed by atoms with Crippen LogP contribution in [-0.2, 0) is 0 Å². The van der Waals surface area contributed by atoms with Gasteiger partial charge in [0.25, 0.3) is 0 Å². The van der Waals surface area contributed by atoms with Crippen molar-refractivity contribution in [3.63, 3.8) is 0 Å². The summed E-state index contributed by atoms with van der Waals surface area (Å²) in [6.45, 7) is 8.65. The van der Waals surface area contributed by atoms with E-state index in [4.69, 9.17) is 0 Å². The molecule has 0 saturated heterocycles. The first-order valence-electron chi connectivity index (χ1n) is 4.85. The number of azo groups is 1. The van der Waals surface area contributed by atoms with Gasteiger partial charge in [0.05, 0.1) is 23.2 Å². The molecule has 14 heavy (non-hydrogen) atoms. The highest BCUT2D eigenvalue weighted by atomic mass is 32.2. The van der Waals surface area contributed by atoms with Crippen molar-refractivity contribution in [3.05, 3.63) is 11.8 Å². The second-order valence-corrected chi connectivity index (χ2v) is 5.67. The van der Waals surface area contributed by atoms with Gasteiger partial charge in [-0.25, -0.2) is 4.40 Å². The van der Waals surface area contributed by atoms with Crippen LogP contribution in [-0.4, -0.2) is 17.0 Å². The molecule has 4 heteroatoms. The molecule has 0 aromatic carbocycles. The summed E-state index contributed by atoms with van der Waals surface area (Å²) in [7, 11) is 0. The van der Waals surface area contributed by atoms with Crippen LogP contribution >= 0.6 is 11.9 Å². The van der Waals surface area contributed by atoms with Gasteiger partial charge in [0, 0.05) is 11.0 Å². The normalized spacial score (nSPS) is 31.1. The number of fused-ring (bicyclic) bond motifs is 1. The van der Waals surface area contributed by atoms with Crippen LogP contribution in [0.3, 0.4) is 0 Å². The second kappa shape index (κ2) is 3.19. The smallest absolute Gasteiger partial charge is 0.0863 e. The van der Waals surface area contributed by atoms with E-state index in [1.807, 2.05) is 6.20 Å². The molecule has 0 spiro atoms. The SMILES string of the molecule is CC1N=NC=C2C(C(C)(C)C)=NSC21. The molecule has 0 amide bonds. The lowest BCUT2D eigenvalue weighted by Crippen LogP contribution is -2.28. The predicted molar refractivity (Wildman–Crippen MR) is 60.7 cm³/mol. The van der Waals surface area contributed by atoms with Gasteiger partial charge in [-0.15, -0.1) is 0 Å². The molecule has 0 fully saturated rings. The molecular weight excluding hydrogens is 194 g/mol. The Kier molecular flexibility index (Phi) is 2.26. The van der Waals surface area contributed by atoms with E-state index < -0.39 is 0 Å². The molecule has 0 aromatic heterocycles. The summed E-state index contributed by atoms with van der Waals surface area (Å²) in [4.78, 5) is 0. The van der Waals surface area contributed by atoms with Crippen molar-refractivity contribution < 1.29 is 0 Å². The summed E-state index contributed by atoms with van der Waals surface area (Å²) in [6, 6.07) is 0.253. The van der Waals surface area contributed by atoms with Gasteiger partial charge in [0.15, 0.2) is 0 Å². The van der Waals surface area contributed by atoms with Gasteiger partial charge >= 0.3 is 0 Å². The van der Waals surface area contributed by atoms with Gasteiger partial charge in [0.2, 0.25) is 0 Å². The van der Waals surface area contributed by atoms with Crippen LogP contribution in [0.1, 0.15) is 27.7 Å². The van der Waals surface area contributed by atoms with E-state index in [1.165, 1.54) is 11.3 Å². The molecule has 0 aromatic rings. The van der Waals surface area contributed by atoms with Crippen molar-refractivity contribution in [1.29, 1.82) is 0 Å². The zero-order chi connectivity index (χ0) is 10.3. The Morgan fingerprint density at radius 2 is 2.07 bits per heavy atom. The van der Waals surface area contributed by atoms with Crippen LogP contribution in [0.4, 0.5) is 0 Å². The van der Waals surface area contributed by atoms with Crippen LogP contribution in [0.2, 0.25) is 0 Å². The molecule has 2 rings (SSSR count). The van der Waals surface area contributed by atoms with Crippen molar-refractivity contribution in [3.8, 4) is 0 Å². The molecule has 2 heterocycles. The Morgan fingerprint density at radius 3 is 2.71 bits per heavy atom. The minimum absolute atomic E-state index is 0.111. The van der Waals surface area contributed by atoms with Crippen molar-refractivity contribution >= 4 is 17.7 Å². The molecule has 0 bridgehead atoms. The van der Waals surface area contributed by atoms with E-state index in [1.54, 1.807) is 11.9 Å². The van der Waals surface area contributed by atoms with E-state index in [0.29, 0.717) is 5.25 Å². The van der Waals surface area contributed by atoms with E-state index in [-0.39, 0.29) is 11.5 Å². The van der Waals surface area contributed by atoms with Gasteiger partial charge in [0.1, 0.15) is 0 Å². The monoisotopic (exact) mass is 209 g/mol. The molecule has 2 aliphatic rings. The van der Waals surface area contributed by atoms with E-state index in [0.717, 1.165) is 0 Å². The molecule has 0 radical (unpaired) electrons. The highest BCUT2D eigenvalue weighted by Gasteiger charge is 2.37. The fourth-order valence-corrected chi connectivity index (χ4v) is 2.78. The van der Waals surface area contributed by atoms with Crippen molar-refractivity contribution in [1.82, 2.24) is 0 Å². The van der Waals surface area contributed by atoms with Crippen molar-refractivity contribution in [2.75, 3.05) is 0 Å². The predicted octanol–water partition coefficient (Wildman–Crippen LogP) is 3.24. The standard InChI is InChI=1S/C10H15N3S/c1-6-8-7(5-11-12-6)9(13-14-8)10(2,3)4/h5-6,8H,1-4H3. The Morgan fingerprint density at radius 1 is 1.36 bits per heavy atom. The van der Waals surface area contributed by atoms with Gasteiger partial charge in [-0.05, 0) is 18.9 Å². The van der Waals surface area contributed by atoms with Crippen LogP contribution in [0.5, 0.6) is 0 Å². The fraction of sp³-hybridized carbons (Fsp3) is 0.700. The average molecular weight is 209 g/mol. The second-order valence-electron chi connectivity index (χ2n) is 4.77. The maximum atomic E-state index is 4.55. The molecular formula is C10H15N3S. The van der Waals surface area contributed by atoms with Crippen LogP contribution in [0.25, 0.3) is 0 Å². The number of rotatable bonds is 0. The summed E-state index contributed by atoms with van der Waals surface area (Å²) in [5, 5.41) is 8.57. The third-order valence-electron chi connectivity index (χ3n) is 2.43. The zero-order valence-corrected chi connectivity index (χ0v) is 9.80. The minimum atomic E-state index is 0.111. The summed E-state index contributed by atoms with van der Waals surface area (Å²) in [5.41, 5.74) is 2.56. The summed E-state index contributed by atoms with van der Waals surface area (Å²) in [6.07, 6.45) is 1.87. The number of hydrogen-bond donors (Lipinski definition) is 0. The third-order valence-corrected chi connectivity index (χ3v) is 3.59. The highest BCUT2D eigenvalue weighted by Crippen LogP contribution is 2.40. The quantitative estimate of drug-likeness (QED) is 0.564. The van der Waals surface area contributed by atoms with Gasteiger partial charge in [-0.2, -0.15) is 10.2 Å². The Hall–Kier alpha value is -0.640. The van der Waals surface area contributed by atoms with Crippen LogP contribution < -0.4 is 0 Å². The third kappa shape index (κ3) is 1.52. The highest BCUT2D eigenvalue weighted by molar-refractivity contribution is 7.99. The molecule has 76 valence electrons. The first kappa shape index (κ1) is 9.90. The van der Waals surface area contributed by atoms with E-state index in [9.17, 15) is 0 Å². The van der Waals surface area contributed by atoms with Gasteiger partial charge in [-0.1, -0.05) is 20.8 Å². The number of hydrogen-bond acceptors (Lipinski definition) is 4. The fourth-order valence-electron chi connectivity index (χ4n) is 1.67. The lowest BCUT2D eigenvalue weighted by Gasteiger charge is -2.23. The maximum Gasteiger partial charge on any atom is 0.0863 e. The van der Waals surface area contributed by atoms with E-state index >= 15 is 0 Å². The summed E-state index contributed by atoms with van der Waals surface area (Å²) in [5.74, 6) is 0. The first-order valence-corrected chi connectivity index (χ1v) is 5.68. The molecule has 2 aliphatic heterocycles. The molecule has 0 N–H and O–H groups in total. The zero-order valence-electron chi connectivity index (χ0n) is 8.98. The van der Waals surface area contributed by atoms with Gasteiger partial charge in [-0.3, -0.25) is 0 Å². The van der Waals surface area contributed by atoms with Gasteiger partial charge < -0.3 is 0 Å². The molecule has 2 unspecified atom stereocenters. The Balaban J connectivity index is 2.33. The lowest BCUT2D eigenvalue weighted by atomic mass is 9.83. The average Bonchev–Trinajstić information content (AvgIpc) is 2.47. The van der Waals surface area contributed by atoms with E-state index in [2.05, 4.69) is 42.3 Å².